The van der Waals surface area contributed by atoms with Gasteiger partial charge in [0.15, 0.2) is 11.5 Å². The van der Waals surface area contributed by atoms with Gasteiger partial charge in [0.2, 0.25) is 0 Å². The Morgan fingerprint density at radius 3 is 2.93 bits per heavy atom. The fourth-order valence-corrected chi connectivity index (χ4v) is 1.71. The number of rotatable bonds is 2. The number of ether oxygens (including phenoxy) is 2. The van der Waals surface area contributed by atoms with Crippen LogP contribution in [0.2, 0.25) is 0 Å². The molecular weight excluding hydrogens is 194 g/mol. The summed E-state index contributed by atoms with van der Waals surface area (Å²) in [5.41, 5.74) is 4.16. The summed E-state index contributed by atoms with van der Waals surface area (Å²) in [6, 6.07) is 3.88. The maximum atomic E-state index is 8.65. The molecule has 4 nitrogen and oxygen atoms in total. The van der Waals surface area contributed by atoms with Crippen LogP contribution in [0.15, 0.2) is 12.1 Å². The van der Waals surface area contributed by atoms with E-state index in [0.29, 0.717) is 19.8 Å². The van der Waals surface area contributed by atoms with Crippen LogP contribution < -0.4 is 15.0 Å². The van der Waals surface area contributed by atoms with Gasteiger partial charge in [-0.15, -0.1) is 0 Å². The summed E-state index contributed by atoms with van der Waals surface area (Å²) in [5.74, 6) is 1.60. The molecule has 1 aromatic carbocycles. The Hall–Kier alpha value is -1.26. The molecule has 4 heteroatoms. The third kappa shape index (κ3) is 2.22. The highest BCUT2D eigenvalue weighted by molar-refractivity contribution is 5.49. The third-order valence-electron chi connectivity index (χ3n) is 2.38. The SMILES string of the molecule is Cc1cc(CNO)cc2c1OCCCO2. The lowest BCUT2D eigenvalue weighted by atomic mass is 10.1. The first kappa shape index (κ1) is 10.3. The van der Waals surface area contributed by atoms with Gasteiger partial charge in [-0.1, -0.05) is 6.07 Å². The normalized spacial score (nSPS) is 14.8. The average Bonchev–Trinajstić information content (AvgIpc) is 2.43. The van der Waals surface area contributed by atoms with E-state index < -0.39 is 0 Å². The van der Waals surface area contributed by atoms with Gasteiger partial charge in [0, 0.05) is 13.0 Å². The fourth-order valence-electron chi connectivity index (χ4n) is 1.71. The molecule has 0 unspecified atom stereocenters. The van der Waals surface area contributed by atoms with Gasteiger partial charge in [0.25, 0.3) is 0 Å². The zero-order valence-corrected chi connectivity index (χ0v) is 8.75. The summed E-state index contributed by atoms with van der Waals surface area (Å²) in [5, 5.41) is 8.65. The molecule has 2 N–H and O–H groups in total. The molecule has 0 aromatic heterocycles. The van der Waals surface area contributed by atoms with E-state index >= 15 is 0 Å². The minimum atomic E-state index is 0.414. The van der Waals surface area contributed by atoms with Crippen LogP contribution in [0.3, 0.4) is 0 Å². The van der Waals surface area contributed by atoms with Crippen LogP contribution in [0.25, 0.3) is 0 Å². The lowest BCUT2D eigenvalue weighted by Gasteiger charge is -2.12. The van der Waals surface area contributed by atoms with Crippen LogP contribution in [0.5, 0.6) is 11.5 Å². The summed E-state index contributed by atoms with van der Waals surface area (Å²) in [4.78, 5) is 0. The maximum absolute atomic E-state index is 8.65. The molecule has 1 aliphatic rings. The summed E-state index contributed by atoms with van der Waals surface area (Å²) in [7, 11) is 0. The van der Waals surface area contributed by atoms with Crippen molar-refractivity contribution in [3.63, 3.8) is 0 Å². The average molecular weight is 209 g/mol. The summed E-state index contributed by atoms with van der Waals surface area (Å²) in [6.07, 6.45) is 0.904. The molecular formula is C11H15NO3. The van der Waals surface area contributed by atoms with Gasteiger partial charge in [-0.05, 0) is 24.1 Å². The standard InChI is InChI=1S/C11H15NO3/c1-8-5-9(7-12-13)6-10-11(8)15-4-2-3-14-10/h5-6,12-13H,2-4,7H2,1H3. The monoisotopic (exact) mass is 209 g/mol. The van der Waals surface area contributed by atoms with Crippen molar-refractivity contribution in [2.75, 3.05) is 13.2 Å². The minimum Gasteiger partial charge on any atom is -0.490 e. The Labute approximate surface area is 88.8 Å². The maximum Gasteiger partial charge on any atom is 0.164 e. The van der Waals surface area contributed by atoms with Crippen molar-refractivity contribution in [2.24, 2.45) is 0 Å². The van der Waals surface area contributed by atoms with E-state index in [1.165, 1.54) is 0 Å². The van der Waals surface area contributed by atoms with E-state index in [4.69, 9.17) is 14.7 Å². The predicted octanol–water partition coefficient (Wildman–Crippen LogP) is 1.64. The molecule has 0 spiro atoms. The molecule has 0 saturated carbocycles. The van der Waals surface area contributed by atoms with Gasteiger partial charge in [0.05, 0.1) is 13.2 Å². The third-order valence-corrected chi connectivity index (χ3v) is 2.38. The zero-order valence-electron chi connectivity index (χ0n) is 8.75. The first-order valence-corrected chi connectivity index (χ1v) is 5.07. The Balaban J connectivity index is 2.35. The molecule has 0 saturated heterocycles. The second kappa shape index (κ2) is 4.51. The van der Waals surface area contributed by atoms with Gasteiger partial charge >= 0.3 is 0 Å². The van der Waals surface area contributed by atoms with E-state index in [9.17, 15) is 0 Å². The van der Waals surface area contributed by atoms with Crippen LogP contribution in [0, 0.1) is 6.92 Å². The summed E-state index contributed by atoms with van der Waals surface area (Å²) >= 11 is 0. The van der Waals surface area contributed by atoms with Crippen LogP contribution in [0.4, 0.5) is 0 Å². The van der Waals surface area contributed by atoms with Crippen molar-refractivity contribution >= 4 is 0 Å². The number of benzene rings is 1. The highest BCUT2D eigenvalue weighted by Gasteiger charge is 2.13. The van der Waals surface area contributed by atoms with E-state index in [0.717, 1.165) is 29.0 Å². The molecule has 0 radical (unpaired) electrons. The van der Waals surface area contributed by atoms with Crippen molar-refractivity contribution in [1.82, 2.24) is 5.48 Å². The van der Waals surface area contributed by atoms with Crippen LogP contribution >= 0.6 is 0 Å². The molecule has 0 bridgehead atoms. The Bertz CT molecular complexity index is 352. The molecule has 82 valence electrons. The van der Waals surface area contributed by atoms with Crippen molar-refractivity contribution in [3.05, 3.63) is 23.3 Å². The van der Waals surface area contributed by atoms with Crippen LogP contribution in [0.1, 0.15) is 17.5 Å². The molecule has 15 heavy (non-hydrogen) atoms. The number of hydroxylamine groups is 1. The van der Waals surface area contributed by atoms with Gasteiger partial charge in [0.1, 0.15) is 0 Å². The molecule has 1 aromatic rings. The molecule has 0 fully saturated rings. The van der Waals surface area contributed by atoms with E-state index in [1.807, 2.05) is 19.1 Å². The second-order valence-electron chi connectivity index (χ2n) is 3.63. The first-order chi connectivity index (χ1) is 7.31. The van der Waals surface area contributed by atoms with E-state index in [2.05, 4.69) is 5.48 Å². The number of nitrogens with one attached hydrogen (secondary N) is 1. The number of hydrogen-bond acceptors (Lipinski definition) is 4. The van der Waals surface area contributed by atoms with E-state index in [1.54, 1.807) is 0 Å². The topological polar surface area (TPSA) is 50.7 Å². The summed E-state index contributed by atoms with van der Waals surface area (Å²) in [6.45, 7) is 3.78. The largest absolute Gasteiger partial charge is 0.490 e. The van der Waals surface area contributed by atoms with E-state index in [-0.39, 0.29) is 0 Å². The number of hydrogen-bond donors (Lipinski definition) is 2. The second-order valence-corrected chi connectivity index (χ2v) is 3.63. The molecule has 1 aliphatic heterocycles. The van der Waals surface area contributed by atoms with Gasteiger partial charge in [-0.25, -0.2) is 5.48 Å². The van der Waals surface area contributed by atoms with Gasteiger partial charge in [-0.3, -0.25) is 0 Å². The Morgan fingerprint density at radius 1 is 1.33 bits per heavy atom. The molecule has 0 aliphatic carbocycles. The highest BCUT2D eigenvalue weighted by atomic mass is 16.5. The van der Waals surface area contributed by atoms with Gasteiger partial charge in [-0.2, -0.15) is 0 Å². The number of fused-ring (bicyclic) bond motifs is 1. The summed E-state index contributed by atoms with van der Waals surface area (Å²) < 4.78 is 11.2. The van der Waals surface area contributed by atoms with Crippen molar-refractivity contribution in [3.8, 4) is 11.5 Å². The van der Waals surface area contributed by atoms with Crippen molar-refractivity contribution in [2.45, 2.75) is 19.9 Å². The minimum absolute atomic E-state index is 0.414. The van der Waals surface area contributed by atoms with Gasteiger partial charge < -0.3 is 14.7 Å². The fraction of sp³-hybridized carbons (Fsp3) is 0.455. The smallest absolute Gasteiger partial charge is 0.164 e. The molecule has 2 rings (SSSR count). The lowest BCUT2D eigenvalue weighted by molar-refractivity contribution is 0.161. The molecule has 0 amide bonds. The molecule has 1 heterocycles. The first-order valence-electron chi connectivity index (χ1n) is 5.07. The quantitative estimate of drug-likeness (QED) is 0.727. The highest BCUT2D eigenvalue weighted by Crippen LogP contribution is 2.34. The van der Waals surface area contributed by atoms with Crippen LogP contribution in [-0.2, 0) is 6.54 Å². The zero-order chi connectivity index (χ0) is 10.7. The lowest BCUT2D eigenvalue weighted by Crippen LogP contribution is -2.07. The Kier molecular flexibility index (Phi) is 3.08. The van der Waals surface area contributed by atoms with Crippen molar-refractivity contribution < 1.29 is 14.7 Å². The van der Waals surface area contributed by atoms with Crippen LogP contribution in [-0.4, -0.2) is 18.4 Å². The predicted molar refractivity (Wildman–Crippen MR) is 55.4 cm³/mol. The number of aryl methyl sites for hydroxylation is 1. The Morgan fingerprint density at radius 2 is 2.13 bits per heavy atom. The van der Waals surface area contributed by atoms with Crippen molar-refractivity contribution in [1.29, 1.82) is 0 Å². The molecule has 0 atom stereocenters.